The molecular weight excluding hydrogens is 232 g/mol. The quantitative estimate of drug-likeness (QED) is 0.562. The molecule has 0 aromatic heterocycles. The van der Waals surface area contributed by atoms with E-state index in [-0.39, 0.29) is 12.3 Å². The first kappa shape index (κ1) is 16.7. The van der Waals surface area contributed by atoms with Gasteiger partial charge in [-0.3, -0.25) is 9.59 Å². The van der Waals surface area contributed by atoms with Crippen LogP contribution in [-0.2, 0) is 14.3 Å². The van der Waals surface area contributed by atoms with Crippen molar-refractivity contribution in [1.82, 2.24) is 0 Å². The lowest BCUT2D eigenvalue weighted by Crippen LogP contribution is -2.31. The zero-order chi connectivity index (χ0) is 14.3. The highest BCUT2D eigenvalue weighted by Gasteiger charge is 2.33. The smallest absolute Gasteiger partial charge is 0.307 e. The third-order valence-electron chi connectivity index (χ3n) is 2.81. The lowest BCUT2D eigenvalue weighted by molar-refractivity contribution is -0.155. The van der Waals surface area contributed by atoms with Gasteiger partial charge in [0.1, 0.15) is 0 Å². The van der Waals surface area contributed by atoms with Gasteiger partial charge in [0.2, 0.25) is 0 Å². The van der Waals surface area contributed by atoms with E-state index in [9.17, 15) is 9.59 Å². The predicted molar refractivity (Wildman–Crippen MR) is 70.1 cm³/mol. The SMILES string of the molecule is C=CCC(C)COC(=O)C[C@H](C(=O)O)C(C)(C)C. The number of aliphatic carboxylic acids is 1. The van der Waals surface area contributed by atoms with Crippen LogP contribution in [0.1, 0.15) is 40.5 Å². The summed E-state index contributed by atoms with van der Waals surface area (Å²) in [4.78, 5) is 22.7. The standard InChI is InChI=1S/C14H24O4/c1-6-7-10(2)9-18-12(15)8-11(13(16)17)14(3,4)5/h6,10-11H,1,7-9H2,2-5H3,(H,16,17)/t10?,11-/m1/s1. The molecule has 0 amide bonds. The van der Waals surface area contributed by atoms with Crippen molar-refractivity contribution in [2.45, 2.75) is 40.5 Å². The predicted octanol–water partition coefficient (Wildman–Crippen LogP) is 2.88. The second-order valence-electron chi connectivity index (χ2n) is 5.77. The Morgan fingerprint density at radius 1 is 1.39 bits per heavy atom. The Morgan fingerprint density at radius 3 is 2.33 bits per heavy atom. The van der Waals surface area contributed by atoms with E-state index in [2.05, 4.69) is 6.58 Å². The fourth-order valence-electron chi connectivity index (χ4n) is 1.58. The zero-order valence-electron chi connectivity index (χ0n) is 11.7. The Labute approximate surface area is 109 Å². The van der Waals surface area contributed by atoms with Crippen LogP contribution < -0.4 is 0 Å². The Bertz CT molecular complexity index is 301. The van der Waals surface area contributed by atoms with E-state index in [1.54, 1.807) is 26.8 Å². The van der Waals surface area contributed by atoms with E-state index >= 15 is 0 Å². The molecular formula is C14H24O4. The van der Waals surface area contributed by atoms with E-state index in [1.807, 2.05) is 6.92 Å². The van der Waals surface area contributed by atoms with Crippen LogP contribution in [0.5, 0.6) is 0 Å². The minimum Gasteiger partial charge on any atom is -0.481 e. The van der Waals surface area contributed by atoms with Gasteiger partial charge in [-0.25, -0.2) is 0 Å². The normalized spacial score (nSPS) is 14.7. The second-order valence-corrected chi connectivity index (χ2v) is 5.77. The first-order valence-electron chi connectivity index (χ1n) is 6.17. The maximum absolute atomic E-state index is 11.6. The Kier molecular flexibility index (Phi) is 6.66. The topological polar surface area (TPSA) is 63.6 Å². The summed E-state index contributed by atoms with van der Waals surface area (Å²) in [5.74, 6) is -1.92. The molecule has 0 aliphatic carbocycles. The number of hydrogen-bond donors (Lipinski definition) is 1. The number of allylic oxidation sites excluding steroid dienone is 1. The number of carbonyl (C=O) groups excluding carboxylic acids is 1. The van der Waals surface area contributed by atoms with Gasteiger partial charge in [-0.05, 0) is 17.8 Å². The van der Waals surface area contributed by atoms with E-state index in [0.717, 1.165) is 6.42 Å². The highest BCUT2D eigenvalue weighted by molar-refractivity contribution is 5.79. The third-order valence-corrected chi connectivity index (χ3v) is 2.81. The lowest BCUT2D eigenvalue weighted by Gasteiger charge is -2.26. The summed E-state index contributed by atoms with van der Waals surface area (Å²) in [6, 6.07) is 0. The van der Waals surface area contributed by atoms with Gasteiger partial charge >= 0.3 is 11.9 Å². The first-order valence-corrected chi connectivity index (χ1v) is 6.17. The van der Waals surface area contributed by atoms with Gasteiger partial charge in [0.05, 0.1) is 18.9 Å². The minimum absolute atomic E-state index is 0.0837. The molecule has 0 aliphatic rings. The zero-order valence-corrected chi connectivity index (χ0v) is 11.7. The van der Waals surface area contributed by atoms with Gasteiger partial charge in [0, 0.05) is 0 Å². The average Bonchev–Trinajstić information content (AvgIpc) is 2.21. The second kappa shape index (κ2) is 7.19. The van der Waals surface area contributed by atoms with Crippen molar-refractivity contribution < 1.29 is 19.4 Å². The molecule has 0 spiro atoms. The summed E-state index contributed by atoms with van der Waals surface area (Å²) in [6.45, 7) is 11.3. The maximum Gasteiger partial charge on any atom is 0.307 e. The number of esters is 1. The molecule has 0 saturated heterocycles. The van der Waals surface area contributed by atoms with E-state index < -0.39 is 23.3 Å². The Balaban J connectivity index is 4.28. The van der Waals surface area contributed by atoms with Crippen LogP contribution in [0.15, 0.2) is 12.7 Å². The number of carboxylic acid groups (broad SMARTS) is 1. The summed E-state index contributed by atoms with van der Waals surface area (Å²) < 4.78 is 5.08. The molecule has 0 heterocycles. The van der Waals surface area contributed by atoms with Crippen LogP contribution >= 0.6 is 0 Å². The van der Waals surface area contributed by atoms with Gasteiger partial charge in [-0.15, -0.1) is 6.58 Å². The Morgan fingerprint density at radius 2 is 1.94 bits per heavy atom. The maximum atomic E-state index is 11.6. The molecule has 0 radical (unpaired) electrons. The highest BCUT2D eigenvalue weighted by atomic mass is 16.5. The van der Waals surface area contributed by atoms with Crippen molar-refractivity contribution >= 4 is 11.9 Å². The van der Waals surface area contributed by atoms with E-state index in [1.165, 1.54) is 0 Å². The first-order chi connectivity index (χ1) is 8.18. The molecule has 0 saturated carbocycles. The summed E-state index contributed by atoms with van der Waals surface area (Å²) in [7, 11) is 0. The van der Waals surface area contributed by atoms with Crippen molar-refractivity contribution in [2.24, 2.45) is 17.3 Å². The van der Waals surface area contributed by atoms with Crippen LogP contribution in [0, 0.1) is 17.3 Å². The summed E-state index contributed by atoms with van der Waals surface area (Å²) >= 11 is 0. The molecule has 4 heteroatoms. The number of rotatable bonds is 7. The van der Waals surface area contributed by atoms with Crippen molar-refractivity contribution in [3.8, 4) is 0 Å². The number of carbonyl (C=O) groups is 2. The van der Waals surface area contributed by atoms with Crippen molar-refractivity contribution in [1.29, 1.82) is 0 Å². The molecule has 4 nitrogen and oxygen atoms in total. The van der Waals surface area contributed by atoms with Gasteiger partial charge < -0.3 is 9.84 Å². The average molecular weight is 256 g/mol. The molecule has 0 fully saturated rings. The molecule has 0 aromatic rings. The molecule has 2 atom stereocenters. The molecule has 0 aliphatic heterocycles. The van der Waals surface area contributed by atoms with Crippen molar-refractivity contribution in [3.05, 3.63) is 12.7 Å². The van der Waals surface area contributed by atoms with Crippen LogP contribution in [0.3, 0.4) is 0 Å². The van der Waals surface area contributed by atoms with Crippen LogP contribution in [0.2, 0.25) is 0 Å². The fraction of sp³-hybridized carbons (Fsp3) is 0.714. The summed E-state index contributed by atoms with van der Waals surface area (Å²) in [6.07, 6.45) is 2.46. The van der Waals surface area contributed by atoms with Crippen LogP contribution in [0.4, 0.5) is 0 Å². The minimum atomic E-state index is -0.960. The molecule has 104 valence electrons. The van der Waals surface area contributed by atoms with Gasteiger partial charge in [0.15, 0.2) is 0 Å². The molecule has 0 rings (SSSR count). The molecule has 0 aromatic carbocycles. The van der Waals surface area contributed by atoms with E-state index in [0.29, 0.717) is 6.61 Å². The van der Waals surface area contributed by atoms with Crippen molar-refractivity contribution in [2.75, 3.05) is 6.61 Å². The number of ether oxygens (including phenoxy) is 1. The van der Waals surface area contributed by atoms with Gasteiger partial charge in [-0.2, -0.15) is 0 Å². The number of hydrogen-bond acceptors (Lipinski definition) is 3. The van der Waals surface area contributed by atoms with Crippen LogP contribution in [0.25, 0.3) is 0 Å². The van der Waals surface area contributed by atoms with Gasteiger partial charge in [0.25, 0.3) is 0 Å². The number of carboxylic acids is 1. The van der Waals surface area contributed by atoms with Crippen LogP contribution in [-0.4, -0.2) is 23.7 Å². The molecule has 0 bridgehead atoms. The Hall–Kier alpha value is -1.32. The fourth-order valence-corrected chi connectivity index (χ4v) is 1.58. The van der Waals surface area contributed by atoms with E-state index in [4.69, 9.17) is 9.84 Å². The monoisotopic (exact) mass is 256 g/mol. The molecule has 1 N–H and O–H groups in total. The lowest BCUT2D eigenvalue weighted by atomic mass is 9.79. The third kappa shape index (κ3) is 6.42. The highest BCUT2D eigenvalue weighted by Crippen LogP contribution is 2.29. The molecule has 1 unspecified atom stereocenters. The van der Waals surface area contributed by atoms with Crippen molar-refractivity contribution in [3.63, 3.8) is 0 Å². The summed E-state index contributed by atoms with van der Waals surface area (Å²) in [5, 5.41) is 9.10. The van der Waals surface area contributed by atoms with Gasteiger partial charge in [-0.1, -0.05) is 33.8 Å². The molecule has 18 heavy (non-hydrogen) atoms. The largest absolute Gasteiger partial charge is 0.481 e. The summed E-state index contributed by atoms with van der Waals surface area (Å²) in [5.41, 5.74) is -0.461.